The number of nitrogens with two attached hydrogens (primary N) is 3. The van der Waals surface area contributed by atoms with Crippen LogP contribution in [0.25, 0.3) is 22.3 Å². The van der Waals surface area contributed by atoms with Crippen molar-refractivity contribution in [2.24, 2.45) is 23.5 Å². The molecular formula is C53H70N16O19P2S2. The standard InChI is InChI=1S/C53H70N16O19P2S2/c1-26(2)37(65-34(71)13-16-67-35(72)17-27(3)49(67)76)31(70)18-29(7-5-14-57-52(56)77)48(75)64-30-11-9-28(10-12-30)19-81-53(78)66(4)15-6-8-36(73)86-43-41-33(85-51(43)69-25-63-39-45(55)59-23-61-47(39)69)21-83-90(80,92)88-42-40(74)32(20-82-89(79,91)87-41)84-50(42)68-24-62-38-44(54)58-22-60-46(38)68/h9-12,22-27,29,32-33,37,40-43,50-51,74H,5-8,13-21H2,1-4H3,(H,64,75)(H,65,71)(H,79,91)(H,80,92)(H2,54,58,60)(H2,55,59,61)(H3,56,57,77)/t27?,29-,32-,33-,37+,40-,41?,42-,43-,50-,51-,89?,90?/m1/s1. The lowest BCUT2D eigenvalue weighted by molar-refractivity contribution is -0.158. The third-order valence-corrected chi connectivity index (χ3v) is 18.6. The molecule has 4 saturated heterocycles. The van der Waals surface area contributed by atoms with Gasteiger partial charge in [0.15, 0.2) is 47.3 Å². The molecule has 0 radical (unpaired) electrons. The second-order valence-corrected chi connectivity index (χ2v) is 28.1. The molecule has 13 atom stereocenters. The molecule has 4 aromatic heterocycles. The van der Waals surface area contributed by atoms with Crippen molar-refractivity contribution in [1.29, 1.82) is 0 Å². The second kappa shape index (κ2) is 29.7. The summed E-state index contributed by atoms with van der Waals surface area (Å²) in [6.45, 7) is -5.25. The van der Waals surface area contributed by atoms with Gasteiger partial charge in [-0.2, -0.15) is 0 Å². The fourth-order valence-corrected chi connectivity index (χ4v) is 13.5. The fourth-order valence-electron chi connectivity index (χ4n) is 10.7. The van der Waals surface area contributed by atoms with Gasteiger partial charge in [0.1, 0.15) is 60.8 Å². The van der Waals surface area contributed by atoms with Crippen LogP contribution in [-0.2, 0) is 96.0 Å². The third-order valence-electron chi connectivity index (χ3n) is 15.5. The lowest BCUT2D eigenvalue weighted by Crippen LogP contribution is -2.46. The van der Waals surface area contributed by atoms with Crippen LogP contribution in [0.2, 0.25) is 0 Å². The number of anilines is 3. The molecule has 7 amide bonds. The number of imide groups is 1. The lowest BCUT2D eigenvalue weighted by Gasteiger charge is -2.29. The molecule has 12 N–H and O–H groups in total. The minimum Gasteiger partial charge on any atom is -0.455 e. The highest BCUT2D eigenvalue weighted by Gasteiger charge is 2.54. The molecule has 35 nitrogen and oxygen atoms in total. The Morgan fingerprint density at radius 3 is 2.05 bits per heavy atom. The monoisotopic (exact) mass is 1360 g/mol. The summed E-state index contributed by atoms with van der Waals surface area (Å²) in [6, 6.07) is 4.58. The van der Waals surface area contributed by atoms with Crippen molar-refractivity contribution in [2.45, 2.75) is 127 Å². The van der Waals surface area contributed by atoms with Crippen LogP contribution in [0.4, 0.5) is 26.9 Å². The summed E-state index contributed by atoms with van der Waals surface area (Å²) in [5, 5.41) is 19.5. The van der Waals surface area contributed by atoms with E-state index in [2.05, 4.69) is 45.9 Å². The molecule has 39 heteroatoms. The van der Waals surface area contributed by atoms with Gasteiger partial charge in [0.05, 0.1) is 31.9 Å². The molecule has 4 unspecified atom stereocenters. The summed E-state index contributed by atoms with van der Waals surface area (Å²) in [4.78, 5) is 154. The van der Waals surface area contributed by atoms with Crippen LogP contribution >= 0.6 is 13.4 Å². The van der Waals surface area contributed by atoms with E-state index in [1.165, 1.54) is 46.4 Å². The number of rotatable bonds is 23. The molecule has 8 heterocycles. The number of nitrogens with zero attached hydrogens (tertiary/aromatic N) is 10. The Morgan fingerprint density at radius 1 is 0.837 bits per heavy atom. The number of likely N-dealkylation sites (tertiary alicyclic amines) is 1. The summed E-state index contributed by atoms with van der Waals surface area (Å²) < 4.78 is 50.6. The summed E-state index contributed by atoms with van der Waals surface area (Å²) in [6.07, 6.45) is -7.54. The Hall–Kier alpha value is -7.38. The number of hydrogen-bond donors (Lipinski definition) is 9. The highest BCUT2D eigenvalue weighted by Crippen LogP contribution is 2.54. The quantitative estimate of drug-likeness (QED) is 0.0191. The Bertz CT molecular complexity index is 3680. The zero-order chi connectivity index (χ0) is 66.3. The molecule has 1 aromatic carbocycles. The number of aromatic nitrogens is 8. The van der Waals surface area contributed by atoms with Crippen molar-refractivity contribution < 1.29 is 90.3 Å². The van der Waals surface area contributed by atoms with Gasteiger partial charge in [-0.1, -0.05) is 32.9 Å². The summed E-state index contributed by atoms with van der Waals surface area (Å²) >= 11 is 10.9. The fraction of sp³-hybridized carbons (Fsp3) is 0.547. The van der Waals surface area contributed by atoms with E-state index in [0.29, 0.717) is 11.3 Å². The van der Waals surface area contributed by atoms with Gasteiger partial charge in [0.25, 0.3) is 0 Å². The smallest absolute Gasteiger partial charge is 0.409 e. The molecule has 0 saturated carbocycles. The average molecular weight is 1360 g/mol. The molecule has 4 aliphatic rings. The Morgan fingerprint density at radius 2 is 1.45 bits per heavy atom. The summed E-state index contributed by atoms with van der Waals surface area (Å²) in [5.74, 6) is -4.80. The molecule has 9 rings (SSSR count). The first-order chi connectivity index (χ1) is 43.7. The van der Waals surface area contributed by atoms with E-state index in [4.69, 9.17) is 77.9 Å². The topological polar surface area (TPSA) is 479 Å². The van der Waals surface area contributed by atoms with Crippen molar-refractivity contribution in [1.82, 2.24) is 59.5 Å². The molecule has 0 spiro atoms. The van der Waals surface area contributed by atoms with E-state index in [9.17, 15) is 53.2 Å². The number of ether oxygens (including phenoxy) is 4. The van der Waals surface area contributed by atoms with Crippen LogP contribution in [-0.4, -0.2) is 194 Å². The number of aliphatic hydroxyl groups excluding tert-OH is 1. The Labute approximate surface area is 534 Å². The molecular weight excluding hydrogens is 1290 g/mol. The van der Waals surface area contributed by atoms with Gasteiger partial charge in [-0.05, 0) is 66.5 Å². The van der Waals surface area contributed by atoms with Crippen LogP contribution in [0.3, 0.4) is 0 Å². The van der Waals surface area contributed by atoms with Gasteiger partial charge < -0.3 is 80.9 Å². The molecule has 2 bridgehead atoms. The first-order valence-corrected chi connectivity index (χ1v) is 34.2. The summed E-state index contributed by atoms with van der Waals surface area (Å²) in [7, 11) is 1.45. The average Bonchev–Trinajstić information content (AvgIpc) is 1.62. The van der Waals surface area contributed by atoms with E-state index >= 15 is 0 Å². The van der Waals surface area contributed by atoms with Gasteiger partial charge in [-0.25, -0.2) is 39.5 Å². The maximum atomic E-state index is 13.9. The van der Waals surface area contributed by atoms with E-state index in [1.54, 1.807) is 45.0 Å². The number of aliphatic hydroxyl groups is 1. The molecule has 498 valence electrons. The predicted molar refractivity (Wildman–Crippen MR) is 327 cm³/mol. The van der Waals surface area contributed by atoms with Gasteiger partial charge in [-0.3, -0.25) is 51.8 Å². The van der Waals surface area contributed by atoms with Crippen molar-refractivity contribution in [3.8, 4) is 0 Å². The number of carbonyl (C=O) groups is 8. The number of fused-ring (bicyclic) bond motifs is 5. The van der Waals surface area contributed by atoms with Crippen molar-refractivity contribution in [2.75, 3.05) is 56.7 Å². The third kappa shape index (κ3) is 16.7. The number of Topliss-reactive ketones (excluding diaryl/α,β-unsaturated/α-hetero) is 1. The van der Waals surface area contributed by atoms with Crippen molar-refractivity contribution in [3.63, 3.8) is 0 Å². The molecule has 4 fully saturated rings. The van der Waals surface area contributed by atoms with Crippen molar-refractivity contribution in [3.05, 3.63) is 55.1 Å². The lowest BCUT2D eigenvalue weighted by atomic mass is 9.89. The van der Waals surface area contributed by atoms with E-state index in [0.717, 1.165) is 4.90 Å². The number of nitrogen functional groups attached to an aromatic ring is 2. The summed E-state index contributed by atoms with van der Waals surface area (Å²) in [5.41, 5.74) is 18.9. The first kappa shape index (κ1) is 69.0. The van der Waals surface area contributed by atoms with E-state index < -0.39 is 129 Å². The van der Waals surface area contributed by atoms with E-state index in [-0.39, 0.29) is 123 Å². The normalized spacial score (nSPS) is 26.5. The number of hydrogen-bond acceptors (Lipinski definition) is 27. The Kier molecular flexibility index (Phi) is 22.3. The van der Waals surface area contributed by atoms with Gasteiger partial charge in [-0.15, -0.1) is 0 Å². The number of imidazole rings is 2. The Balaban J connectivity index is 0.799. The predicted octanol–water partition coefficient (Wildman–Crippen LogP) is 1.09. The van der Waals surface area contributed by atoms with Crippen LogP contribution in [0.1, 0.15) is 83.7 Å². The highest BCUT2D eigenvalue weighted by molar-refractivity contribution is 8.07. The maximum absolute atomic E-state index is 13.9. The highest BCUT2D eigenvalue weighted by atomic mass is 32.5. The number of carbonyl (C=O) groups excluding carboxylic acids is 8. The number of urea groups is 1. The van der Waals surface area contributed by atoms with Crippen LogP contribution in [0.5, 0.6) is 0 Å². The second-order valence-electron chi connectivity index (χ2n) is 22.5. The first-order valence-electron chi connectivity index (χ1n) is 29.0. The molecule has 92 heavy (non-hydrogen) atoms. The number of esters is 1. The van der Waals surface area contributed by atoms with Crippen LogP contribution in [0.15, 0.2) is 49.6 Å². The van der Waals surface area contributed by atoms with Gasteiger partial charge >= 0.3 is 31.5 Å². The number of benzene rings is 1. The molecule has 0 aliphatic carbocycles. The zero-order valence-corrected chi connectivity index (χ0v) is 53.4. The molecule has 5 aromatic rings. The number of ketones is 1. The number of amides is 7. The largest absolute Gasteiger partial charge is 0.455 e. The van der Waals surface area contributed by atoms with Crippen LogP contribution < -0.4 is 33.2 Å². The number of primary amides is 1. The minimum atomic E-state index is -4.44. The SMILES string of the molecule is CC1CC(=O)N(CCC(=O)N[C@H](C(=O)C[C@@H](CCCNC(N)=O)C(=O)Nc2ccc(COC(=O)N(C)CCCC(=O)O[C@@H]3C4OP(O)(=S)OC[C@H]5O[C@@H](n6cnc7c(N)ncnc76)[C@H](OP(O)(=S)OC[C@H]4O[C@H]3n3cnc4c(N)ncnc43)[C@@H]5O)cc2)C(C)C)C1=O. The van der Waals surface area contributed by atoms with Crippen LogP contribution in [0, 0.1) is 17.8 Å². The zero-order valence-electron chi connectivity index (χ0n) is 50.0. The van der Waals surface area contributed by atoms with E-state index in [1.807, 2.05) is 0 Å². The maximum Gasteiger partial charge on any atom is 0.409 e. The van der Waals surface area contributed by atoms with Crippen molar-refractivity contribution >= 4 is 124 Å². The number of nitrogens with one attached hydrogen (secondary N) is 3. The molecule has 4 aliphatic heterocycles. The van der Waals surface area contributed by atoms with Gasteiger partial charge in [0, 0.05) is 69.9 Å². The van der Waals surface area contributed by atoms with Gasteiger partial charge in [0.2, 0.25) is 23.6 Å². The minimum absolute atomic E-state index is 0.00590.